The van der Waals surface area contributed by atoms with E-state index < -0.39 is 6.03 Å². The van der Waals surface area contributed by atoms with Crippen LogP contribution in [0.4, 0.5) is 4.79 Å². The minimum Gasteiger partial charge on any atom is -0.341 e. The van der Waals surface area contributed by atoms with Crippen molar-refractivity contribution < 1.29 is 9.59 Å². The fourth-order valence-corrected chi connectivity index (χ4v) is 2.29. The molecule has 1 fully saturated rings. The third kappa shape index (κ3) is 4.34. The van der Waals surface area contributed by atoms with E-state index in [2.05, 4.69) is 29.8 Å². The molecule has 1 saturated carbocycles. The van der Waals surface area contributed by atoms with Gasteiger partial charge < -0.3 is 10.6 Å². The smallest absolute Gasteiger partial charge is 0.321 e. The zero-order chi connectivity index (χ0) is 13.1. The van der Waals surface area contributed by atoms with Gasteiger partial charge in [0.15, 0.2) is 0 Å². The van der Waals surface area contributed by atoms with E-state index in [4.69, 9.17) is 0 Å². The molecule has 3 amide bonds. The van der Waals surface area contributed by atoms with Gasteiger partial charge in [0.2, 0.25) is 5.91 Å². The second-order valence-corrected chi connectivity index (χ2v) is 5.56. The van der Waals surface area contributed by atoms with Gasteiger partial charge in [-0.1, -0.05) is 13.8 Å². The van der Waals surface area contributed by atoms with Crippen LogP contribution in [-0.2, 0) is 4.79 Å². The molecule has 0 saturated heterocycles. The molecule has 0 spiro atoms. The number of hydrogen-bond acceptors (Lipinski definition) is 3. The van der Waals surface area contributed by atoms with Gasteiger partial charge in [-0.25, -0.2) is 4.79 Å². The first-order valence-electron chi connectivity index (χ1n) is 6.13. The van der Waals surface area contributed by atoms with Crippen LogP contribution in [0.1, 0.15) is 40.0 Å². The Labute approximate surface area is 103 Å². The second-order valence-electron chi connectivity index (χ2n) is 5.56. The van der Waals surface area contributed by atoms with Gasteiger partial charge in [0.1, 0.15) is 0 Å². The van der Waals surface area contributed by atoms with Crippen LogP contribution in [0, 0.1) is 5.41 Å². The van der Waals surface area contributed by atoms with Gasteiger partial charge >= 0.3 is 6.03 Å². The Balaban J connectivity index is 2.37. The zero-order valence-electron chi connectivity index (χ0n) is 11.1. The van der Waals surface area contributed by atoms with E-state index in [-0.39, 0.29) is 11.9 Å². The van der Waals surface area contributed by atoms with Crippen LogP contribution >= 0.6 is 0 Å². The Morgan fingerprint density at radius 1 is 1.35 bits per heavy atom. The second kappa shape index (κ2) is 5.49. The molecule has 1 aliphatic carbocycles. The molecule has 0 bridgehead atoms. The molecule has 0 aromatic rings. The molecule has 0 radical (unpaired) electrons. The van der Waals surface area contributed by atoms with Crippen molar-refractivity contribution in [1.29, 1.82) is 0 Å². The van der Waals surface area contributed by atoms with Crippen LogP contribution in [0.25, 0.3) is 0 Å². The molecule has 2 unspecified atom stereocenters. The van der Waals surface area contributed by atoms with Gasteiger partial charge in [-0.3, -0.25) is 10.1 Å². The van der Waals surface area contributed by atoms with Crippen LogP contribution < -0.4 is 16.0 Å². The summed E-state index contributed by atoms with van der Waals surface area (Å²) < 4.78 is 0. The average Bonchev–Trinajstić information content (AvgIpc) is 2.57. The van der Waals surface area contributed by atoms with E-state index in [9.17, 15) is 9.59 Å². The lowest BCUT2D eigenvalue weighted by atomic mass is 9.92. The van der Waals surface area contributed by atoms with Gasteiger partial charge in [0.25, 0.3) is 0 Å². The van der Waals surface area contributed by atoms with Crippen molar-refractivity contribution in [3.05, 3.63) is 0 Å². The molecule has 0 aliphatic heterocycles. The molecule has 17 heavy (non-hydrogen) atoms. The summed E-state index contributed by atoms with van der Waals surface area (Å²) >= 11 is 0. The number of amides is 3. The molecule has 98 valence electrons. The van der Waals surface area contributed by atoms with Gasteiger partial charge in [-0.05, 0) is 31.6 Å². The lowest BCUT2D eigenvalue weighted by Crippen LogP contribution is -2.49. The van der Waals surface area contributed by atoms with Crippen LogP contribution in [0.15, 0.2) is 0 Å². The van der Waals surface area contributed by atoms with Gasteiger partial charge in [-0.2, -0.15) is 0 Å². The summed E-state index contributed by atoms with van der Waals surface area (Å²) in [6.07, 6.45) is 3.34. The summed E-state index contributed by atoms with van der Waals surface area (Å²) in [6, 6.07) is -0.433. The van der Waals surface area contributed by atoms with Crippen LogP contribution in [0.5, 0.6) is 0 Å². The standard InChI is InChI=1S/C12H23N3O2/c1-8(10(16)15-11(17)13-4)14-9-5-6-12(2,3)7-9/h8-9,14H,5-7H2,1-4H3,(H2,13,15,16,17). The molecule has 1 rings (SSSR count). The fourth-order valence-electron chi connectivity index (χ4n) is 2.29. The Morgan fingerprint density at radius 2 is 2.00 bits per heavy atom. The number of nitrogens with one attached hydrogen (secondary N) is 3. The predicted octanol–water partition coefficient (Wildman–Crippen LogP) is 0.999. The molecule has 2 atom stereocenters. The maximum atomic E-state index is 11.6. The molecule has 5 heteroatoms. The fraction of sp³-hybridized carbons (Fsp3) is 0.833. The summed E-state index contributed by atoms with van der Waals surface area (Å²) in [7, 11) is 1.49. The average molecular weight is 241 g/mol. The SMILES string of the molecule is CNC(=O)NC(=O)C(C)NC1CCC(C)(C)C1. The van der Waals surface area contributed by atoms with Crippen LogP contribution in [0.2, 0.25) is 0 Å². The summed E-state index contributed by atoms with van der Waals surface area (Å²) in [5.74, 6) is -0.283. The first kappa shape index (κ1) is 14.0. The minimum atomic E-state index is -0.463. The van der Waals surface area contributed by atoms with E-state index in [1.54, 1.807) is 6.92 Å². The highest BCUT2D eigenvalue weighted by Crippen LogP contribution is 2.36. The van der Waals surface area contributed by atoms with Crippen LogP contribution in [0.3, 0.4) is 0 Å². The third-order valence-electron chi connectivity index (χ3n) is 3.31. The number of rotatable bonds is 3. The van der Waals surface area contributed by atoms with Gasteiger partial charge in [0, 0.05) is 13.1 Å². The lowest BCUT2D eigenvalue weighted by molar-refractivity contribution is -0.121. The largest absolute Gasteiger partial charge is 0.341 e. The van der Waals surface area contributed by atoms with Crippen molar-refractivity contribution in [2.24, 2.45) is 5.41 Å². The molecule has 1 aliphatic rings. The van der Waals surface area contributed by atoms with E-state index in [1.807, 2.05) is 0 Å². The molecule has 0 heterocycles. The molecule has 0 aromatic heterocycles. The van der Waals surface area contributed by atoms with E-state index in [1.165, 1.54) is 13.5 Å². The topological polar surface area (TPSA) is 70.2 Å². The van der Waals surface area contributed by atoms with Crippen molar-refractivity contribution in [3.8, 4) is 0 Å². The molecule has 5 nitrogen and oxygen atoms in total. The summed E-state index contributed by atoms with van der Waals surface area (Å²) in [6.45, 7) is 6.26. The molecular formula is C12H23N3O2. The maximum Gasteiger partial charge on any atom is 0.321 e. The van der Waals surface area contributed by atoms with E-state index in [0.29, 0.717) is 11.5 Å². The number of imide groups is 1. The zero-order valence-corrected chi connectivity index (χ0v) is 11.1. The Kier molecular flexibility index (Phi) is 4.51. The quantitative estimate of drug-likeness (QED) is 0.690. The summed E-state index contributed by atoms with van der Waals surface area (Å²) in [4.78, 5) is 22.6. The first-order valence-corrected chi connectivity index (χ1v) is 6.13. The number of carbonyl (C=O) groups excluding carboxylic acids is 2. The van der Waals surface area contributed by atoms with Crippen molar-refractivity contribution in [2.75, 3.05) is 7.05 Å². The minimum absolute atomic E-state index is 0.283. The Bertz CT molecular complexity index is 302. The highest BCUT2D eigenvalue weighted by Gasteiger charge is 2.32. The van der Waals surface area contributed by atoms with Crippen molar-refractivity contribution in [1.82, 2.24) is 16.0 Å². The van der Waals surface area contributed by atoms with Crippen LogP contribution in [-0.4, -0.2) is 31.1 Å². The van der Waals surface area contributed by atoms with Crippen molar-refractivity contribution in [3.63, 3.8) is 0 Å². The summed E-state index contributed by atoms with van der Waals surface area (Å²) in [5, 5.41) is 7.90. The third-order valence-corrected chi connectivity index (χ3v) is 3.31. The molecular weight excluding hydrogens is 218 g/mol. The Morgan fingerprint density at radius 3 is 2.47 bits per heavy atom. The highest BCUT2D eigenvalue weighted by atomic mass is 16.2. The highest BCUT2D eigenvalue weighted by molar-refractivity contribution is 5.96. The number of urea groups is 1. The van der Waals surface area contributed by atoms with Crippen molar-refractivity contribution in [2.45, 2.75) is 52.1 Å². The monoisotopic (exact) mass is 241 g/mol. The summed E-state index contributed by atoms with van der Waals surface area (Å²) in [5.41, 5.74) is 0.356. The first-order chi connectivity index (χ1) is 7.84. The lowest BCUT2D eigenvalue weighted by Gasteiger charge is -2.21. The van der Waals surface area contributed by atoms with Crippen molar-refractivity contribution >= 4 is 11.9 Å². The predicted molar refractivity (Wildman–Crippen MR) is 66.6 cm³/mol. The maximum absolute atomic E-state index is 11.6. The van der Waals surface area contributed by atoms with E-state index in [0.717, 1.165) is 12.8 Å². The van der Waals surface area contributed by atoms with E-state index >= 15 is 0 Å². The normalized spacial score (nSPS) is 24.1. The van der Waals surface area contributed by atoms with Gasteiger partial charge in [-0.15, -0.1) is 0 Å². The number of hydrogen-bond donors (Lipinski definition) is 3. The van der Waals surface area contributed by atoms with Gasteiger partial charge in [0.05, 0.1) is 6.04 Å². The molecule has 0 aromatic carbocycles. The Hall–Kier alpha value is -1.10. The number of carbonyl (C=O) groups is 2. The molecule has 3 N–H and O–H groups in total.